The van der Waals surface area contributed by atoms with Gasteiger partial charge >= 0.3 is 16.5 Å². The molecule has 4 nitrogen and oxygen atoms in total. The minimum absolute atomic E-state index is 0. The molecule has 0 bridgehead atoms. The van der Waals surface area contributed by atoms with Crippen LogP contribution in [0.25, 0.3) is 0 Å². The van der Waals surface area contributed by atoms with Crippen molar-refractivity contribution in [2.24, 2.45) is 9.98 Å². The number of nitrogens with zero attached hydrogens (tertiary/aromatic N) is 2. The van der Waals surface area contributed by atoms with Gasteiger partial charge in [-0.15, -0.1) is 11.5 Å². The number of aryl methyl sites for hydroxylation is 1. The first-order valence-electron chi connectivity index (χ1n) is 27.7. The molecule has 3 rings (SSSR count). The van der Waals surface area contributed by atoms with Gasteiger partial charge in [0, 0.05) is 24.0 Å². The van der Waals surface area contributed by atoms with Gasteiger partial charge in [-0.1, -0.05) is 254 Å². The van der Waals surface area contributed by atoms with Crippen LogP contribution in [0.4, 0.5) is 11.4 Å². The van der Waals surface area contributed by atoms with Crippen molar-refractivity contribution < 1.29 is 26.7 Å². The van der Waals surface area contributed by atoms with Gasteiger partial charge in [-0.3, -0.25) is 9.98 Å². The standard InChI is InChI=1S/C56H88N2.C7H8O2.Ni/c1-5-9-13-17-20-22-24-26-28-30-32-35-41-51-43-39-45-53(49-51)57-55(47-37-16-12-8-4)56(48-38-34-19-15-11-7-3)58-54-46-40-44-52(50-54)42-36-33-31-29-27-25-23-21-18-14-10-6-2;1-5-3-2-4-6(8)7(5)9;/h39-40,43-46,49-50H,5-34,37-38,47-48H2,1-4H3;2-4,8-9H,1H3;/q;;+2/p-2. The Morgan fingerprint density at radius 2 is 0.735 bits per heavy atom. The molecule has 0 saturated carbocycles. The first-order valence-corrected chi connectivity index (χ1v) is 27.7. The fourth-order valence-corrected chi connectivity index (χ4v) is 8.30. The van der Waals surface area contributed by atoms with E-state index >= 15 is 0 Å². The first-order chi connectivity index (χ1) is 32.9. The van der Waals surface area contributed by atoms with Crippen molar-refractivity contribution in [1.82, 2.24) is 0 Å². The second-order valence-corrected chi connectivity index (χ2v) is 18.9. The average molecular weight is 970 g/mol. The van der Waals surface area contributed by atoms with E-state index in [2.05, 4.69) is 99.9 Å². The van der Waals surface area contributed by atoms with Crippen molar-refractivity contribution in [3.63, 3.8) is 0 Å². The van der Waals surface area contributed by atoms with Gasteiger partial charge in [0.2, 0.25) is 0 Å². The molecule has 0 N–H and O–H groups in total. The summed E-state index contributed by atoms with van der Waals surface area (Å²) in [7, 11) is 0. The molecule has 0 heterocycles. The summed E-state index contributed by atoms with van der Waals surface area (Å²) in [6.45, 7) is 10.8. The molecule has 0 aliphatic heterocycles. The van der Waals surface area contributed by atoms with E-state index < -0.39 is 11.5 Å². The van der Waals surface area contributed by atoms with Gasteiger partial charge in [-0.2, -0.15) is 0 Å². The molecule has 0 aliphatic rings. The second-order valence-electron chi connectivity index (χ2n) is 18.9. The third kappa shape index (κ3) is 32.9. The maximum atomic E-state index is 10.7. The van der Waals surface area contributed by atoms with E-state index in [1.807, 2.05) is 0 Å². The van der Waals surface area contributed by atoms with E-state index in [1.165, 1.54) is 186 Å². The Bertz CT molecular complexity index is 1850. The van der Waals surface area contributed by atoms with Gasteiger partial charge in [-0.25, -0.2) is 0 Å². The number of rotatable bonds is 35. The summed E-state index contributed by atoms with van der Waals surface area (Å²) in [6, 6.07) is 21.7. The number of para-hydroxylation sites is 1. The van der Waals surface area contributed by atoms with Crippen LogP contribution in [0, 0.1) is 30.6 Å². The molecular formula is C63H94N2NiO2. The Labute approximate surface area is 428 Å². The van der Waals surface area contributed by atoms with Crippen LogP contribution in [0.2, 0.25) is 0 Å². The number of hydrogen-bond acceptors (Lipinski definition) is 4. The molecule has 0 amide bonds. The number of aliphatic imine (C=N–C) groups is 2. The summed E-state index contributed by atoms with van der Waals surface area (Å²) in [5, 5.41) is 21.2. The maximum absolute atomic E-state index is 10.7. The van der Waals surface area contributed by atoms with E-state index in [9.17, 15) is 10.2 Å². The zero-order valence-corrected chi connectivity index (χ0v) is 44.9. The zero-order chi connectivity index (χ0) is 48.3. The largest absolute Gasteiger partial charge is 2.00 e. The average Bonchev–Trinajstić information content (AvgIpc) is 3.33. The van der Waals surface area contributed by atoms with E-state index in [-0.39, 0.29) is 16.5 Å². The zero-order valence-electron chi connectivity index (χ0n) is 43.9. The van der Waals surface area contributed by atoms with E-state index in [0.717, 1.165) is 72.4 Å². The van der Waals surface area contributed by atoms with E-state index in [1.54, 1.807) is 19.1 Å². The van der Waals surface area contributed by atoms with Gasteiger partial charge in [0.15, 0.2) is 0 Å². The fourth-order valence-electron chi connectivity index (χ4n) is 8.30. The first kappa shape index (κ1) is 62.2. The van der Waals surface area contributed by atoms with E-state index in [0.29, 0.717) is 5.56 Å². The SMILES string of the molecule is CCCCCCCCCCCCC#Cc1cccc(N=C(CCCCCC)C(CCCCCCCC)=Nc2cccc(C#CCCCCCCCCCCCC)c2)c1.Cc1cccc([O-])c1[O-].[Ni+2]. The monoisotopic (exact) mass is 969 g/mol. The van der Waals surface area contributed by atoms with Crippen LogP contribution in [0.3, 0.4) is 0 Å². The van der Waals surface area contributed by atoms with Crippen LogP contribution in [-0.2, 0) is 16.5 Å². The Balaban J connectivity index is 0.00000206. The van der Waals surface area contributed by atoms with Gasteiger partial charge in [0.05, 0.1) is 22.8 Å². The van der Waals surface area contributed by atoms with Crippen molar-refractivity contribution in [3.8, 4) is 35.2 Å². The third-order valence-corrected chi connectivity index (χ3v) is 12.5. The van der Waals surface area contributed by atoms with Crippen LogP contribution in [0.5, 0.6) is 11.5 Å². The topological polar surface area (TPSA) is 70.8 Å². The maximum Gasteiger partial charge on any atom is 2.00 e. The van der Waals surface area contributed by atoms with Crippen LogP contribution in [0.15, 0.2) is 76.7 Å². The summed E-state index contributed by atoms with van der Waals surface area (Å²) < 4.78 is 0. The third-order valence-electron chi connectivity index (χ3n) is 12.5. The molecule has 378 valence electrons. The molecule has 0 saturated heterocycles. The fraction of sp³-hybridized carbons (Fsp3) is 0.619. The second kappa shape index (κ2) is 44.4. The van der Waals surface area contributed by atoms with Crippen LogP contribution in [-0.4, -0.2) is 11.4 Å². The molecule has 3 aromatic rings. The van der Waals surface area contributed by atoms with Crippen molar-refractivity contribution in [1.29, 1.82) is 0 Å². The molecule has 3 aromatic carbocycles. The number of benzene rings is 3. The smallest absolute Gasteiger partial charge is 0.873 e. The predicted molar refractivity (Wildman–Crippen MR) is 291 cm³/mol. The van der Waals surface area contributed by atoms with Gasteiger partial charge in [-0.05, 0) is 81.8 Å². The Hall–Kier alpha value is -3.79. The van der Waals surface area contributed by atoms with Gasteiger partial charge in [0.1, 0.15) is 0 Å². The Morgan fingerprint density at radius 3 is 1.09 bits per heavy atom. The summed E-state index contributed by atoms with van der Waals surface area (Å²) >= 11 is 0. The molecule has 0 spiro atoms. The summed E-state index contributed by atoms with van der Waals surface area (Å²) in [4.78, 5) is 10.8. The number of unbranched alkanes of at least 4 members (excludes halogenated alkanes) is 28. The summed E-state index contributed by atoms with van der Waals surface area (Å²) in [5.41, 5.74) is 6.95. The summed E-state index contributed by atoms with van der Waals surface area (Å²) in [6.07, 6.45) is 43.6. The normalized spacial score (nSPS) is 11.2. The van der Waals surface area contributed by atoms with Gasteiger partial charge < -0.3 is 10.2 Å². The number of hydrogen-bond donors (Lipinski definition) is 0. The Kier molecular flexibility index (Phi) is 40.7. The van der Waals surface area contributed by atoms with E-state index in [4.69, 9.17) is 9.98 Å². The molecular weight excluding hydrogens is 875 g/mol. The predicted octanol–water partition coefficient (Wildman–Crippen LogP) is 18.7. The van der Waals surface area contributed by atoms with Gasteiger partial charge in [0.25, 0.3) is 0 Å². The van der Waals surface area contributed by atoms with Crippen LogP contribution >= 0.6 is 0 Å². The minimum atomic E-state index is -0.421. The van der Waals surface area contributed by atoms with Crippen molar-refractivity contribution in [2.45, 2.75) is 253 Å². The molecule has 5 heteroatoms. The molecule has 0 radical (unpaired) electrons. The molecule has 0 fully saturated rings. The van der Waals surface area contributed by atoms with Crippen LogP contribution < -0.4 is 10.2 Å². The van der Waals surface area contributed by atoms with Crippen molar-refractivity contribution >= 4 is 22.8 Å². The van der Waals surface area contributed by atoms with Crippen LogP contribution in [0.1, 0.15) is 263 Å². The van der Waals surface area contributed by atoms with Crippen molar-refractivity contribution in [2.75, 3.05) is 0 Å². The Morgan fingerprint density at radius 1 is 0.412 bits per heavy atom. The van der Waals surface area contributed by atoms with Crippen molar-refractivity contribution in [3.05, 3.63) is 83.4 Å². The minimum Gasteiger partial charge on any atom is -0.873 e. The molecule has 0 aromatic heterocycles. The molecule has 0 atom stereocenters. The molecule has 0 aliphatic carbocycles. The molecule has 0 unspecified atom stereocenters. The quantitative estimate of drug-likeness (QED) is 0.0255. The summed E-state index contributed by atoms with van der Waals surface area (Å²) in [5.74, 6) is 13.1. The molecule has 68 heavy (non-hydrogen) atoms.